The Labute approximate surface area is 85.7 Å². The van der Waals surface area contributed by atoms with Crippen molar-refractivity contribution in [2.24, 2.45) is 23.0 Å². The molecule has 14 heavy (non-hydrogen) atoms. The van der Waals surface area contributed by atoms with Crippen molar-refractivity contribution in [2.45, 2.75) is 46.1 Å². The van der Waals surface area contributed by atoms with Crippen LogP contribution in [-0.4, -0.2) is 16.6 Å². The van der Waals surface area contributed by atoms with Crippen LogP contribution in [0.25, 0.3) is 0 Å². The van der Waals surface area contributed by atoms with E-state index in [1.165, 1.54) is 0 Å². The molecule has 3 nitrogen and oxygen atoms in total. The molecular weight excluding hydrogens is 178 g/mol. The van der Waals surface area contributed by atoms with Crippen molar-refractivity contribution in [1.82, 2.24) is 0 Å². The van der Waals surface area contributed by atoms with Gasteiger partial charge in [-0.3, -0.25) is 4.79 Å². The highest BCUT2D eigenvalue weighted by Gasteiger charge is 2.58. The molecule has 0 bridgehead atoms. The second-order valence-corrected chi connectivity index (χ2v) is 5.36. The van der Waals surface area contributed by atoms with Crippen LogP contribution in [-0.2, 0) is 4.79 Å². The molecule has 0 heterocycles. The van der Waals surface area contributed by atoms with E-state index in [1.54, 1.807) is 0 Å². The SMILES string of the molecule is CC(C)C1(C)CC(N)(CC(=O)O)C1C. The molecule has 0 spiro atoms. The zero-order valence-corrected chi connectivity index (χ0v) is 9.50. The van der Waals surface area contributed by atoms with Gasteiger partial charge in [0.2, 0.25) is 0 Å². The molecule has 1 saturated carbocycles. The molecule has 0 aromatic carbocycles. The van der Waals surface area contributed by atoms with Gasteiger partial charge in [-0.2, -0.15) is 0 Å². The van der Waals surface area contributed by atoms with E-state index in [-0.39, 0.29) is 17.8 Å². The highest BCUT2D eigenvalue weighted by atomic mass is 16.4. The molecule has 1 rings (SSSR count). The number of rotatable bonds is 3. The van der Waals surface area contributed by atoms with Crippen molar-refractivity contribution in [1.29, 1.82) is 0 Å². The van der Waals surface area contributed by atoms with E-state index in [0.29, 0.717) is 5.92 Å². The fraction of sp³-hybridized carbons (Fsp3) is 0.909. The third-order valence-electron chi connectivity index (χ3n) is 4.36. The van der Waals surface area contributed by atoms with Crippen LogP contribution in [0.1, 0.15) is 40.5 Å². The normalized spacial score (nSPS) is 42.3. The monoisotopic (exact) mass is 199 g/mol. The van der Waals surface area contributed by atoms with Crippen molar-refractivity contribution in [3.8, 4) is 0 Å². The van der Waals surface area contributed by atoms with E-state index >= 15 is 0 Å². The molecule has 0 radical (unpaired) electrons. The molecule has 0 saturated heterocycles. The molecule has 1 aliphatic carbocycles. The van der Waals surface area contributed by atoms with Crippen molar-refractivity contribution in [3.05, 3.63) is 0 Å². The van der Waals surface area contributed by atoms with E-state index in [4.69, 9.17) is 10.8 Å². The van der Waals surface area contributed by atoms with Crippen LogP contribution in [0.15, 0.2) is 0 Å². The van der Waals surface area contributed by atoms with Crippen LogP contribution < -0.4 is 5.73 Å². The minimum Gasteiger partial charge on any atom is -0.481 e. The van der Waals surface area contributed by atoms with Crippen LogP contribution in [0, 0.1) is 17.3 Å². The number of carboxylic acid groups (broad SMARTS) is 1. The zero-order chi connectivity index (χ0) is 11.1. The summed E-state index contributed by atoms with van der Waals surface area (Å²) in [5.41, 5.74) is 5.81. The third kappa shape index (κ3) is 1.54. The number of carboxylic acids is 1. The Kier molecular flexibility index (Phi) is 2.65. The molecule has 1 fully saturated rings. The van der Waals surface area contributed by atoms with E-state index in [0.717, 1.165) is 6.42 Å². The average Bonchev–Trinajstić information content (AvgIpc) is 2.01. The molecule has 0 aliphatic heterocycles. The second kappa shape index (κ2) is 3.23. The molecule has 3 unspecified atom stereocenters. The molecule has 0 amide bonds. The summed E-state index contributed by atoms with van der Waals surface area (Å²) in [7, 11) is 0. The Morgan fingerprint density at radius 1 is 1.64 bits per heavy atom. The maximum Gasteiger partial charge on any atom is 0.305 e. The Morgan fingerprint density at radius 3 is 2.43 bits per heavy atom. The van der Waals surface area contributed by atoms with Gasteiger partial charge in [-0.25, -0.2) is 0 Å². The minimum atomic E-state index is -0.787. The topological polar surface area (TPSA) is 63.3 Å². The quantitative estimate of drug-likeness (QED) is 0.729. The summed E-state index contributed by atoms with van der Waals surface area (Å²) in [4.78, 5) is 10.7. The van der Waals surface area contributed by atoms with Gasteiger partial charge in [0.05, 0.1) is 6.42 Å². The summed E-state index contributed by atoms with van der Waals surface area (Å²) in [5.74, 6) is 0.0548. The highest BCUT2D eigenvalue weighted by Crippen LogP contribution is 2.57. The van der Waals surface area contributed by atoms with Gasteiger partial charge in [0.1, 0.15) is 0 Å². The lowest BCUT2D eigenvalue weighted by molar-refractivity contribution is -0.146. The van der Waals surface area contributed by atoms with Gasteiger partial charge in [-0.1, -0.05) is 27.7 Å². The van der Waals surface area contributed by atoms with E-state index in [2.05, 4.69) is 27.7 Å². The summed E-state index contributed by atoms with van der Waals surface area (Å²) >= 11 is 0. The van der Waals surface area contributed by atoms with E-state index in [1.807, 2.05) is 0 Å². The van der Waals surface area contributed by atoms with Crippen LogP contribution in [0.3, 0.4) is 0 Å². The second-order valence-electron chi connectivity index (χ2n) is 5.36. The van der Waals surface area contributed by atoms with Crippen molar-refractivity contribution < 1.29 is 9.90 Å². The lowest BCUT2D eigenvalue weighted by atomic mass is 9.46. The minimum absolute atomic E-state index is 0.0937. The number of aliphatic carboxylic acids is 1. The fourth-order valence-corrected chi connectivity index (χ4v) is 2.74. The smallest absolute Gasteiger partial charge is 0.305 e. The van der Waals surface area contributed by atoms with Gasteiger partial charge in [-0.05, 0) is 23.7 Å². The summed E-state index contributed by atoms with van der Waals surface area (Å²) in [6, 6.07) is 0. The van der Waals surface area contributed by atoms with Gasteiger partial charge in [0, 0.05) is 5.54 Å². The molecule has 3 heteroatoms. The number of nitrogens with two attached hydrogens (primary N) is 1. The predicted molar refractivity (Wildman–Crippen MR) is 55.9 cm³/mol. The lowest BCUT2D eigenvalue weighted by Gasteiger charge is -2.61. The lowest BCUT2D eigenvalue weighted by Crippen LogP contribution is -2.66. The van der Waals surface area contributed by atoms with E-state index < -0.39 is 11.5 Å². The van der Waals surface area contributed by atoms with Crippen LogP contribution in [0.4, 0.5) is 0 Å². The van der Waals surface area contributed by atoms with Crippen LogP contribution in [0.5, 0.6) is 0 Å². The van der Waals surface area contributed by atoms with E-state index in [9.17, 15) is 4.79 Å². The highest BCUT2D eigenvalue weighted by molar-refractivity contribution is 5.68. The van der Waals surface area contributed by atoms with Crippen LogP contribution in [0.2, 0.25) is 0 Å². The van der Waals surface area contributed by atoms with Crippen molar-refractivity contribution in [2.75, 3.05) is 0 Å². The summed E-state index contributed by atoms with van der Waals surface area (Å²) in [6.45, 7) is 8.63. The van der Waals surface area contributed by atoms with Gasteiger partial charge >= 0.3 is 5.97 Å². The van der Waals surface area contributed by atoms with Gasteiger partial charge < -0.3 is 10.8 Å². The summed E-state index contributed by atoms with van der Waals surface area (Å²) in [5, 5.41) is 8.76. The number of carbonyl (C=O) groups is 1. The van der Waals surface area contributed by atoms with Gasteiger partial charge in [0.15, 0.2) is 0 Å². The maximum absolute atomic E-state index is 10.7. The zero-order valence-electron chi connectivity index (χ0n) is 9.50. The molecule has 3 atom stereocenters. The first-order valence-electron chi connectivity index (χ1n) is 5.23. The number of hydrogen-bond acceptors (Lipinski definition) is 2. The summed E-state index contributed by atoms with van der Waals surface area (Å²) < 4.78 is 0. The molecule has 82 valence electrons. The number of hydrogen-bond donors (Lipinski definition) is 2. The van der Waals surface area contributed by atoms with Gasteiger partial charge in [0.25, 0.3) is 0 Å². The van der Waals surface area contributed by atoms with Crippen molar-refractivity contribution >= 4 is 5.97 Å². The first-order valence-corrected chi connectivity index (χ1v) is 5.23. The molecule has 0 aromatic rings. The van der Waals surface area contributed by atoms with Crippen molar-refractivity contribution in [3.63, 3.8) is 0 Å². The largest absolute Gasteiger partial charge is 0.481 e. The Bertz CT molecular complexity index is 252. The summed E-state index contributed by atoms with van der Waals surface area (Å²) in [6.07, 6.45) is 0.918. The standard InChI is InChI=1S/C11H21NO2/c1-7(2)10(4)6-11(12,8(10)3)5-9(13)14/h7-8H,5-6,12H2,1-4H3,(H,13,14). The molecule has 3 N–H and O–H groups in total. The fourth-order valence-electron chi connectivity index (χ4n) is 2.74. The average molecular weight is 199 g/mol. The molecular formula is C11H21NO2. The first-order chi connectivity index (χ1) is 6.22. The first kappa shape index (κ1) is 11.5. The maximum atomic E-state index is 10.7. The molecule has 1 aliphatic rings. The third-order valence-corrected chi connectivity index (χ3v) is 4.36. The predicted octanol–water partition coefficient (Wildman–Crippen LogP) is 1.86. The Hall–Kier alpha value is -0.570. The molecule has 0 aromatic heterocycles. The van der Waals surface area contributed by atoms with Crippen LogP contribution >= 0.6 is 0 Å². The Morgan fingerprint density at radius 2 is 2.14 bits per heavy atom. The Balaban J connectivity index is 2.70. The van der Waals surface area contributed by atoms with Gasteiger partial charge in [-0.15, -0.1) is 0 Å².